The van der Waals surface area contributed by atoms with Crippen LogP contribution in [0.25, 0.3) is 16.2 Å². The summed E-state index contributed by atoms with van der Waals surface area (Å²) in [5.74, 6) is 7.46. The summed E-state index contributed by atoms with van der Waals surface area (Å²) in [7, 11) is 0. The number of halogens is 1. The lowest BCUT2D eigenvalue weighted by Crippen LogP contribution is -2.16. The van der Waals surface area contributed by atoms with Gasteiger partial charge in [-0.05, 0) is 83.4 Å². The predicted molar refractivity (Wildman–Crippen MR) is 127 cm³/mol. The molecule has 5 rings (SSSR count). The SMILES string of the molecule is Cc1cc(Br)c2nc(-c3ccc(C#Cc4ccccn4)s3)c(NC3CCCC3)n2c1. The second kappa shape index (κ2) is 8.25. The maximum atomic E-state index is 5.00. The minimum atomic E-state index is 0.506. The van der Waals surface area contributed by atoms with E-state index in [1.807, 2.05) is 18.2 Å². The Morgan fingerprint density at radius 2 is 2.03 bits per heavy atom. The summed E-state index contributed by atoms with van der Waals surface area (Å²) in [6, 6.07) is 12.6. The quantitative estimate of drug-likeness (QED) is 0.353. The van der Waals surface area contributed by atoms with Crippen molar-refractivity contribution in [2.75, 3.05) is 5.32 Å². The van der Waals surface area contributed by atoms with Crippen LogP contribution in [0.3, 0.4) is 0 Å². The molecule has 0 aromatic carbocycles. The average Bonchev–Trinajstić information content (AvgIpc) is 3.49. The maximum absolute atomic E-state index is 5.00. The van der Waals surface area contributed by atoms with E-state index in [0.717, 1.165) is 37.1 Å². The van der Waals surface area contributed by atoms with Crippen LogP contribution >= 0.6 is 27.3 Å². The molecular weight excluding hydrogens is 456 g/mol. The van der Waals surface area contributed by atoms with Crippen LogP contribution in [-0.2, 0) is 0 Å². The molecule has 0 unspecified atom stereocenters. The van der Waals surface area contributed by atoms with E-state index < -0.39 is 0 Å². The summed E-state index contributed by atoms with van der Waals surface area (Å²) in [5, 5.41) is 3.79. The van der Waals surface area contributed by atoms with Crippen molar-refractivity contribution in [3.05, 3.63) is 69.4 Å². The van der Waals surface area contributed by atoms with Gasteiger partial charge in [0.25, 0.3) is 0 Å². The molecular formula is C24H21BrN4S. The van der Waals surface area contributed by atoms with Gasteiger partial charge in [0.15, 0.2) is 5.65 Å². The number of thiophene rings is 1. The highest BCUT2D eigenvalue weighted by Gasteiger charge is 2.22. The zero-order valence-electron chi connectivity index (χ0n) is 16.7. The Bertz CT molecular complexity index is 1260. The third-order valence-corrected chi connectivity index (χ3v) is 6.92. The van der Waals surface area contributed by atoms with Crippen molar-refractivity contribution >= 4 is 38.7 Å². The number of anilines is 1. The lowest BCUT2D eigenvalue weighted by Gasteiger charge is -2.14. The largest absolute Gasteiger partial charge is 0.367 e. The van der Waals surface area contributed by atoms with E-state index in [-0.39, 0.29) is 0 Å². The first-order chi connectivity index (χ1) is 14.7. The summed E-state index contributed by atoms with van der Waals surface area (Å²) in [4.78, 5) is 11.4. The number of rotatable bonds is 3. The van der Waals surface area contributed by atoms with Gasteiger partial charge in [0.1, 0.15) is 17.2 Å². The number of hydrogen-bond acceptors (Lipinski definition) is 4. The zero-order chi connectivity index (χ0) is 20.5. The van der Waals surface area contributed by atoms with Crippen LogP contribution < -0.4 is 5.32 Å². The Balaban J connectivity index is 1.56. The standard InChI is InChI=1S/C24H21BrN4S/c1-16-14-20(25)23-28-22(24(29(23)15-16)27-18-7-2-3-8-18)21-12-11-19(30-21)10-9-17-6-4-5-13-26-17/h4-6,11-15,18,27H,2-3,7-8H2,1H3. The molecule has 4 aromatic heterocycles. The minimum Gasteiger partial charge on any atom is -0.367 e. The van der Waals surface area contributed by atoms with Gasteiger partial charge >= 0.3 is 0 Å². The molecule has 1 aliphatic rings. The molecule has 1 fully saturated rings. The number of aryl methyl sites for hydroxylation is 1. The average molecular weight is 477 g/mol. The lowest BCUT2D eigenvalue weighted by molar-refractivity contribution is 0.749. The molecule has 1 N–H and O–H groups in total. The van der Waals surface area contributed by atoms with E-state index in [1.54, 1.807) is 17.5 Å². The third-order valence-electron chi connectivity index (χ3n) is 5.33. The Morgan fingerprint density at radius 1 is 1.17 bits per heavy atom. The van der Waals surface area contributed by atoms with Crippen molar-refractivity contribution in [3.8, 4) is 22.4 Å². The first-order valence-electron chi connectivity index (χ1n) is 10.2. The molecule has 0 aliphatic heterocycles. The van der Waals surface area contributed by atoms with Crippen LogP contribution in [0.2, 0.25) is 0 Å². The van der Waals surface area contributed by atoms with Gasteiger partial charge in [-0.15, -0.1) is 11.3 Å². The number of nitrogens with zero attached hydrogens (tertiary/aromatic N) is 3. The normalized spacial score (nSPS) is 14.1. The summed E-state index contributed by atoms with van der Waals surface area (Å²) in [5.41, 5.74) is 3.90. The number of hydrogen-bond donors (Lipinski definition) is 1. The summed E-state index contributed by atoms with van der Waals surface area (Å²) >= 11 is 5.37. The number of pyridine rings is 2. The molecule has 4 nitrogen and oxygen atoms in total. The summed E-state index contributed by atoms with van der Waals surface area (Å²) in [6.45, 7) is 2.11. The predicted octanol–water partition coefficient (Wildman–Crippen LogP) is 6.28. The first-order valence-corrected chi connectivity index (χ1v) is 11.8. The van der Waals surface area contributed by atoms with Crippen molar-refractivity contribution in [1.29, 1.82) is 0 Å². The molecule has 0 atom stereocenters. The van der Waals surface area contributed by atoms with Crippen molar-refractivity contribution in [2.45, 2.75) is 38.6 Å². The molecule has 0 radical (unpaired) electrons. The van der Waals surface area contributed by atoms with E-state index in [1.165, 1.54) is 31.2 Å². The molecule has 0 bridgehead atoms. The Hall–Kier alpha value is -2.62. The molecule has 0 amide bonds. The fourth-order valence-electron chi connectivity index (χ4n) is 3.90. The summed E-state index contributed by atoms with van der Waals surface area (Å²) in [6.07, 6.45) is 8.93. The first kappa shape index (κ1) is 19.3. The highest BCUT2D eigenvalue weighted by molar-refractivity contribution is 9.10. The number of fused-ring (bicyclic) bond motifs is 1. The molecule has 1 aliphatic carbocycles. The van der Waals surface area contributed by atoms with Gasteiger partial charge in [-0.3, -0.25) is 4.40 Å². The fourth-order valence-corrected chi connectivity index (χ4v) is 5.39. The fraction of sp³-hybridized carbons (Fsp3) is 0.250. The highest BCUT2D eigenvalue weighted by Crippen LogP contribution is 2.37. The number of aromatic nitrogens is 3. The summed E-state index contributed by atoms with van der Waals surface area (Å²) < 4.78 is 3.20. The van der Waals surface area contributed by atoms with Crippen LogP contribution in [0, 0.1) is 18.8 Å². The molecule has 0 spiro atoms. The van der Waals surface area contributed by atoms with Crippen molar-refractivity contribution in [2.24, 2.45) is 0 Å². The molecule has 4 heterocycles. The van der Waals surface area contributed by atoms with Crippen molar-refractivity contribution in [3.63, 3.8) is 0 Å². The maximum Gasteiger partial charge on any atom is 0.153 e. The van der Waals surface area contributed by atoms with E-state index in [2.05, 4.69) is 73.8 Å². The molecule has 150 valence electrons. The van der Waals surface area contributed by atoms with Gasteiger partial charge in [-0.2, -0.15) is 0 Å². The van der Waals surface area contributed by atoms with E-state index >= 15 is 0 Å². The van der Waals surface area contributed by atoms with Crippen molar-refractivity contribution < 1.29 is 0 Å². The lowest BCUT2D eigenvalue weighted by atomic mass is 10.2. The molecule has 30 heavy (non-hydrogen) atoms. The Morgan fingerprint density at radius 3 is 2.83 bits per heavy atom. The second-order valence-corrected chi connectivity index (χ2v) is 9.56. The van der Waals surface area contributed by atoms with Crippen LogP contribution in [0.4, 0.5) is 5.82 Å². The van der Waals surface area contributed by atoms with Gasteiger partial charge in [0.2, 0.25) is 0 Å². The van der Waals surface area contributed by atoms with Gasteiger partial charge in [-0.25, -0.2) is 9.97 Å². The Labute approximate surface area is 188 Å². The van der Waals surface area contributed by atoms with Crippen LogP contribution in [0.15, 0.2) is 53.3 Å². The smallest absolute Gasteiger partial charge is 0.153 e. The zero-order valence-corrected chi connectivity index (χ0v) is 19.1. The van der Waals surface area contributed by atoms with Gasteiger partial charge in [-0.1, -0.05) is 18.9 Å². The molecule has 1 saturated carbocycles. The third kappa shape index (κ3) is 3.88. The second-order valence-electron chi connectivity index (χ2n) is 7.62. The highest BCUT2D eigenvalue weighted by atomic mass is 79.9. The van der Waals surface area contributed by atoms with Gasteiger partial charge in [0, 0.05) is 18.4 Å². The van der Waals surface area contributed by atoms with E-state index in [9.17, 15) is 0 Å². The monoisotopic (exact) mass is 476 g/mol. The van der Waals surface area contributed by atoms with Crippen molar-refractivity contribution in [1.82, 2.24) is 14.4 Å². The number of imidazole rings is 1. The van der Waals surface area contributed by atoms with Crippen LogP contribution in [0.5, 0.6) is 0 Å². The van der Waals surface area contributed by atoms with Crippen LogP contribution in [-0.4, -0.2) is 20.4 Å². The minimum absolute atomic E-state index is 0.506. The topological polar surface area (TPSA) is 42.2 Å². The Kier molecular flexibility index (Phi) is 5.32. The van der Waals surface area contributed by atoms with E-state index in [4.69, 9.17) is 4.98 Å². The molecule has 6 heteroatoms. The van der Waals surface area contributed by atoms with E-state index in [0.29, 0.717) is 6.04 Å². The van der Waals surface area contributed by atoms with Gasteiger partial charge < -0.3 is 5.32 Å². The molecule has 4 aromatic rings. The number of nitrogens with one attached hydrogen (secondary N) is 1. The van der Waals surface area contributed by atoms with Crippen LogP contribution in [0.1, 0.15) is 41.8 Å². The van der Waals surface area contributed by atoms with Gasteiger partial charge in [0.05, 0.1) is 14.2 Å². The molecule has 0 saturated heterocycles.